The Morgan fingerprint density at radius 2 is 2.00 bits per heavy atom. The number of hydrogen-bond acceptors (Lipinski definition) is 5. The third kappa shape index (κ3) is 4.00. The van der Waals surface area contributed by atoms with E-state index in [1.807, 2.05) is 19.1 Å². The smallest absolute Gasteiger partial charge is 0.321 e. The van der Waals surface area contributed by atoms with Crippen LogP contribution in [0.1, 0.15) is 12.0 Å². The molecule has 0 spiro atoms. The van der Waals surface area contributed by atoms with E-state index in [0.29, 0.717) is 5.69 Å². The summed E-state index contributed by atoms with van der Waals surface area (Å²) in [4.78, 5) is 36.1. The molecule has 1 heterocycles. The number of imide groups is 1. The summed E-state index contributed by atoms with van der Waals surface area (Å²) in [5, 5.41) is 8.16. The molecule has 1 aliphatic heterocycles. The molecule has 8 heteroatoms. The highest BCUT2D eigenvalue weighted by Crippen LogP contribution is 2.29. The van der Waals surface area contributed by atoms with Gasteiger partial charge in [-0.3, -0.25) is 14.4 Å². The van der Waals surface area contributed by atoms with Crippen molar-refractivity contribution in [1.82, 2.24) is 0 Å². The Balaban J connectivity index is 0.00000242. The number of halogens is 1. The SMILES string of the molecule is Cc1ccc(N2C(=O)CC(SCC(N)C(=O)O)C2=O)cc1.Cl. The van der Waals surface area contributed by atoms with Gasteiger partial charge >= 0.3 is 5.97 Å². The van der Waals surface area contributed by atoms with Crippen LogP contribution in [0.15, 0.2) is 24.3 Å². The van der Waals surface area contributed by atoms with Crippen LogP contribution >= 0.6 is 24.2 Å². The molecular weight excluding hydrogens is 328 g/mol. The van der Waals surface area contributed by atoms with Crippen LogP contribution in [0.25, 0.3) is 0 Å². The number of carbonyl (C=O) groups excluding carboxylic acids is 2. The first-order chi connectivity index (χ1) is 9.90. The fourth-order valence-electron chi connectivity index (χ4n) is 1.99. The summed E-state index contributed by atoms with van der Waals surface area (Å²) >= 11 is 1.12. The van der Waals surface area contributed by atoms with Crippen LogP contribution in [0.3, 0.4) is 0 Å². The summed E-state index contributed by atoms with van der Waals surface area (Å²) < 4.78 is 0. The van der Waals surface area contributed by atoms with E-state index in [1.165, 1.54) is 0 Å². The number of aliphatic carboxylic acids is 1. The van der Waals surface area contributed by atoms with Crippen LogP contribution in [-0.2, 0) is 14.4 Å². The number of hydrogen-bond donors (Lipinski definition) is 2. The quantitative estimate of drug-likeness (QED) is 0.778. The maximum Gasteiger partial charge on any atom is 0.321 e. The van der Waals surface area contributed by atoms with Gasteiger partial charge in [0.1, 0.15) is 6.04 Å². The topological polar surface area (TPSA) is 101 Å². The van der Waals surface area contributed by atoms with Gasteiger partial charge in [-0.15, -0.1) is 24.2 Å². The number of amides is 2. The first-order valence-corrected chi connectivity index (χ1v) is 7.48. The molecule has 0 bridgehead atoms. The first-order valence-electron chi connectivity index (χ1n) is 6.43. The van der Waals surface area contributed by atoms with E-state index < -0.39 is 17.3 Å². The lowest BCUT2D eigenvalue weighted by Crippen LogP contribution is -2.35. The van der Waals surface area contributed by atoms with E-state index >= 15 is 0 Å². The zero-order chi connectivity index (χ0) is 15.6. The molecule has 1 saturated heterocycles. The molecule has 1 fully saturated rings. The Bertz CT molecular complexity index is 579. The van der Waals surface area contributed by atoms with Crippen LogP contribution < -0.4 is 10.6 Å². The van der Waals surface area contributed by atoms with Crippen LogP contribution in [0, 0.1) is 6.92 Å². The zero-order valence-corrected chi connectivity index (χ0v) is 13.5. The Labute approximate surface area is 138 Å². The second kappa shape index (κ2) is 7.62. The Hall–Kier alpha value is -1.57. The van der Waals surface area contributed by atoms with E-state index in [-0.39, 0.29) is 36.4 Å². The Morgan fingerprint density at radius 3 is 2.55 bits per heavy atom. The number of nitrogens with two attached hydrogens (primary N) is 1. The molecular formula is C14H17ClN2O4S. The summed E-state index contributed by atoms with van der Waals surface area (Å²) in [6.07, 6.45) is 0.0731. The van der Waals surface area contributed by atoms with E-state index in [1.54, 1.807) is 12.1 Å². The average Bonchev–Trinajstić information content (AvgIpc) is 2.72. The number of carbonyl (C=O) groups is 3. The van der Waals surface area contributed by atoms with Crippen molar-refractivity contribution < 1.29 is 19.5 Å². The van der Waals surface area contributed by atoms with Crippen LogP contribution in [0.5, 0.6) is 0 Å². The predicted octanol–water partition coefficient (Wildman–Crippen LogP) is 1.19. The van der Waals surface area contributed by atoms with Crippen molar-refractivity contribution >= 4 is 47.6 Å². The molecule has 0 radical (unpaired) electrons. The van der Waals surface area contributed by atoms with Crippen molar-refractivity contribution in [3.8, 4) is 0 Å². The van der Waals surface area contributed by atoms with Gasteiger partial charge in [-0.1, -0.05) is 17.7 Å². The number of benzene rings is 1. The summed E-state index contributed by atoms with van der Waals surface area (Å²) in [6.45, 7) is 1.92. The third-order valence-corrected chi connectivity index (χ3v) is 4.51. The first kappa shape index (κ1) is 18.5. The number of rotatable bonds is 5. The van der Waals surface area contributed by atoms with Gasteiger partial charge in [0.25, 0.3) is 0 Å². The molecule has 1 aliphatic rings. The minimum atomic E-state index is -1.12. The molecule has 0 saturated carbocycles. The van der Waals surface area contributed by atoms with Crippen molar-refractivity contribution in [3.05, 3.63) is 29.8 Å². The largest absolute Gasteiger partial charge is 0.480 e. The number of carboxylic acid groups (broad SMARTS) is 1. The van der Waals surface area contributed by atoms with E-state index in [2.05, 4.69) is 0 Å². The Morgan fingerprint density at radius 1 is 1.41 bits per heavy atom. The lowest BCUT2D eigenvalue weighted by atomic mass is 10.2. The standard InChI is InChI=1S/C14H16N2O4S.ClH/c1-8-2-4-9(5-3-8)16-12(17)6-11(13(16)18)21-7-10(15)14(19)20;/h2-5,10-11H,6-7,15H2,1H3,(H,19,20);1H. The molecule has 2 amide bonds. The van der Waals surface area contributed by atoms with Gasteiger partial charge in [0, 0.05) is 12.2 Å². The number of nitrogens with zero attached hydrogens (tertiary/aromatic N) is 1. The van der Waals surface area contributed by atoms with Crippen LogP contribution in [0.4, 0.5) is 5.69 Å². The van der Waals surface area contributed by atoms with Gasteiger partial charge in [0.05, 0.1) is 10.9 Å². The Kier molecular flexibility index (Phi) is 6.40. The maximum atomic E-state index is 12.3. The van der Waals surface area contributed by atoms with Gasteiger partial charge in [-0.05, 0) is 19.1 Å². The fraction of sp³-hybridized carbons (Fsp3) is 0.357. The van der Waals surface area contributed by atoms with Crippen molar-refractivity contribution in [3.63, 3.8) is 0 Å². The maximum absolute atomic E-state index is 12.3. The molecule has 6 nitrogen and oxygen atoms in total. The lowest BCUT2D eigenvalue weighted by molar-refractivity contribution is -0.138. The number of carboxylic acids is 1. The summed E-state index contributed by atoms with van der Waals surface area (Å²) in [5.74, 6) is -1.60. The second-order valence-corrected chi connectivity index (χ2v) is 6.11. The molecule has 2 unspecified atom stereocenters. The molecule has 1 aromatic rings. The number of thioether (sulfide) groups is 1. The minimum absolute atomic E-state index is 0. The zero-order valence-electron chi connectivity index (χ0n) is 11.9. The molecule has 2 atom stereocenters. The third-order valence-electron chi connectivity index (χ3n) is 3.19. The number of anilines is 1. The lowest BCUT2D eigenvalue weighted by Gasteiger charge is -2.15. The van der Waals surface area contributed by atoms with E-state index in [4.69, 9.17) is 10.8 Å². The second-order valence-electron chi connectivity index (χ2n) is 4.87. The summed E-state index contributed by atoms with van der Waals surface area (Å²) in [5.41, 5.74) is 6.99. The highest BCUT2D eigenvalue weighted by atomic mass is 35.5. The summed E-state index contributed by atoms with van der Waals surface area (Å²) in [7, 11) is 0. The molecule has 1 aromatic carbocycles. The van der Waals surface area contributed by atoms with E-state index in [0.717, 1.165) is 22.2 Å². The van der Waals surface area contributed by atoms with Crippen molar-refractivity contribution in [2.24, 2.45) is 5.73 Å². The van der Waals surface area contributed by atoms with E-state index in [9.17, 15) is 14.4 Å². The van der Waals surface area contributed by atoms with Crippen LogP contribution in [0.2, 0.25) is 0 Å². The van der Waals surface area contributed by atoms with Gasteiger partial charge in [-0.25, -0.2) is 4.90 Å². The van der Waals surface area contributed by atoms with Gasteiger partial charge < -0.3 is 10.8 Å². The highest BCUT2D eigenvalue weighted by Gasteiger charge is 2.40. The molecule has 120 valence electrons. The summed E-state index contributed by atoms with van der Waals surface area (Å²) in [6, 6.07) is 6.07. The van der Waals surface area contributed by atoms with Gasteiger partial charge in [-0.2, -0.15) is 0 Å². The minimum Gasteiger partial charge on any atom is -0.480 e. The number of aryl methyl sites for hydroxylation is 1. The van der Waals surface area contributed by atoms with Crippen molar-refractivity contribution in [1.29, 1.82) is 0 Å². The van der Waals surface area contributed by atoms with Gasteiger partial charge in [0.2, 0.25) is 11.8 Å². The molecule has 0 aromatic heterocycles. The molecule has 3 N–H and O–H groups in total. The van der Waals surface area contributed by atoms with Crippen LogP contribution in [-0.4, -0.2) is 39.9 Å². The monoisotopic (exact) mass is 344 g/mol. The predicted molar refractivity (Wildman–Crippen MR) is 87.4 cm³/mol. The molecule has 2 rings (SSSR count). The van der Waals surface area contributed by atoms with Crippen molar-refractivity contribution in [2.45, 2.75) is 24.6 Å². The highest BCUT2D eigenvalue weighted by molar-refractivity contribution is 8.00. The van der Waals surface area contributed by atoms with Gasteiger partial charge in [0.15, 0.2) is 0 Å². The van der Waals surface area contributed by atoms with Crippen molar-refractivity contribution in [2.75, 3.05) is 10.7 Å². The molecule has 0 aliphatic carbocycles. The normalized spacial score (nSPS) is 19.0. The average molecular weight is 345 g/mol. The molecule has 22 heavy (non-hydrogen) atoms. The fourth-order valence-corrected chi connectivity index (χ4v) is 3.08.